The zero-order valence-corrected chi connectivity index (χ0v) is 16.1. The van der Waals surface area contributed by atoms with Gasteiger partial charge in [-0.3, -0.25) is 0 Å². The molecule has 1 aromatic carbocycles. The van der Waals surface area contributed by atoms with Gasteiger partial charge in [0.25, 0.3) is 0 Å². The van der Waals surface area contributed by atoms with Crippen LogP contribution in [0.2, 0.25) is 5.02 Å². The lowest BCUT2D eigenvalue weighted by Crippen LogP contribution is -2.10. The van der Waals surface area contributed by atoms with E-state index in [-0.39, 0.29) is 6.61 Å². The molecule has 2 N–H and O–H groups in total. The Morgan fingerprint density at radius 1 is 1.27 bits per heavy atom. The molecule has 0 aliphatic carbocycles. The zero-order valence-electron chi connectivity index (χ0n) is 14.5. The molecule has 0 aliphatic heterocycles. The maximum absolute atomic E-state index is 9.30. The molecule has 0 amide bonds. The van der Waals surface area contributed by atoms with Gasteiger partial charge >= 0.3 is 0 Å². The van der Waals surface area contributed by atoms with Gasteiger partial charge in [-0.15, -0.1) is 11.3 Å². The van der Waals surface area contributed by atoms with E-state index in [0.717, 1.165) is 22.0 Å². The van der Waals surface area contributed by atoms with E-state index in [2.05, 4.69) is 10.4 Å². The summed E-state index contributed by atoms with van der Waals surface area (Å²) in [5.74, 6) is 1.93. The normalized spacial score (nSPS) is 10.8. The van der Waals surface area contributed by atoms with Crippen LogP contribution >= 0.6 is 22.9 Å². The number of halogens is 1. The van der Waals surface area contributed by atoms with Gasteiger partial charge in [-0.05, 0) is 29.1 Å². The first-order valence-electron chi connectivity index (χ1n) is 8.03. The lowest BCUT2D eigenvalue weighted by atomic mass is 10.2. The van der Waals surface area contributed by atoms with E-state index in [1.54, 1.807) is 30.2 Å². The van der Waals surface area contributed by atoms with Crippen LogP contribution in [0, 0.1) is 0 Å². The predicted molar refractivity (Wildman–Crippen MR) is 105 cm³/mol. The Kier molecular flexibility index (Phi) is 6.03. The molecule has 0 spiro atoms. The molecule has 6 nitrogen and oxygen atoms in total. The van der Waals surface area contributed by atoms with E-state index in [1.807, 2.05) is 35.7 Å². The molecule has 0 saturated heterocycles. The van der Waals surface area contributed by atoms with E-state index in [4.69, 9.17) is 21.1 Å². The van der Waals surface area contributed by atoms with Gasteiger partial charge in [-0.1, -0.05) is 17.7 Å². The SMILES string of the molecule is COc1cc(CNc2cc(-c3cccs3)nn2CCO)cc(Cl)c1OC. The van der Waals surface area contributed by atoms with Crippen molar-refractivity contribution < 1.29 is 14.6 Å². The Labute approximate surface area is 160 Å². The minimum absolute atomic E-state index is 0.0163. The third kappa shape index (κ3) is 3.95. The summed E-state index contributed by atoms with van der Waals surface area (Å²) in [5.41, 5.74) is 1.82. The third-order valence-electron chi connectivity index (χ3n) is 3.83. The monoisotopic (exact) mass is 393 g/mol. The van der Waals surface area contributed by atoms with Crippen LogP contribution in [0.15, 0.2) is 35.7 Å². The number of hydrogen-bond donors (Lipinski definition) is 2. The van der Waals surface area contributed by atoms with E-state index in [1.165, 1.54) is 0 Å². The number of aliphatic hydroxyl groups is 1. The molecule has 0 radical (unpaired) electrons. The number of benzene rings is 1. The van der Waals surface area contributed by atoms with Crippen LogP contribution in [0.25, 0.3) is 10.6 Å². The molecule has 0 aliphatic rings. The minimum Gasteiger partial charge on any atom is -0.493 e. The molecular formula is C18H20ClN3O3S. The van der Waals surface area contributed by atoms with Gasteiger partial charge in [-0.2, -0.15) is 5.10 Å². The molecule has 2 aromatic heterocycles. The number of anilines is 1. The fourth-order valence-corrected chi connectivity index (χ4v) is 3.63. The molecule has 0 bridgehead atoms. The van der Waals surface area contributed by atoms with Crippen molar-refractivity contribution in [2.45, 2.75) is 13.1 Å². The van der Waals surface area contributed by atoms with Gasteiger partial charge in [0.05, 0.1) is 37.3 Å². The molecule has 0 fully saturated rings. The number of methoxy groups -OCH3 is 2. The number of ether oxygens (including phenoxy) is 2. The average Bonchev–Trinajstić information content (AvgIpc) is 3.29. The van der Waals surface area contributed by atoms with Crippen molar-refractivity contribution >= 4 is 28.8 Å². The summed E-state index contributed by atoms with van der Waals surface area (Å²) in [7, 11) is 3.14. The number of nitrogens with zero attached hydrogens (tertiary/aromatic N) is 2. The van der Waals surface area contributed by atoms with E-state index in [9.17, 15) is 5.11 Å². The maximum Gasteiger partial charge on any atom is 0.179 e. The third-order valence-corrected chi connectivity index (χ3v) is 5.01. The molecule has 8 heteroatoms. The highest BCUT2D eigenvalue weighted by Crippen LogP contribution is 2.36. The van der Waals surface area contributed by atoms with E-state index < -0.39 is 0 Å². The first-order chi connectivity index (χ1) is 12.7. The Morgan fingerprint density at radius 2 is 2.12 bits per heavy atom. The quantitative estimate of drug-likeness (QED) is 0.607. The van der Waals surface area contributed by atoms with Crippen molar-refractivity contribution in [1.29, 1.82) is 0 Å². The van der Waals surface area contributed by atoms with Crippen molar-refractivity contribution in [2.75, 3.05) is 26.1 Å². The predicted octanol–water partition coefficient (Wildman–Crippen LogP) is 3.89. The van der Waals surface area contributed by atoms with E-state index in [0.29, 0.717) is 29.6 Å². The number of aromatic nitrogens is 2. The van der Waals surface area contributed by atoms with E-state index >= 15 is 0 Å². The molecule has 0 atom stereocenters. The fraction of sp³-hybridized carbons (Fsp3) is 0.278. The number of hydrogen-bond acceptors (Lipinski definition) is 6. The highest BCUT2D eigenvalue weighted by Gasteiger charge is 2.13. The summed E-state index contributed by atoms with van der Waals surface area (Å²) in [6.45, 7) is 0.962. The van der Waals surface area contributed by atoms with Gasteiger partial charge in [0, 0.05) is 12.6 Å². The lowest BCUT2D eigenvalue weighted by molar-refractivity contribution is 0.270. The van der Waals surface area contributed by atoms with Gasteiger partial charge in [0.1, 0.15) is 11.5 Å². The highest BCUT2D eigenvalue weighted by atomic mass is 35.5. The molecule has 2 heterocycles. The van der Waals surface area contributed by atoms with Crippen LogP contribution in [0.5, 0.6) is 11.5 Å². The number of nitrogens with one attached hydrogen (secondary N) is 1. The lowest BCUT2D eigenvalue weighted by Gasteiger charge is -2.13. The minimum atomic E-state index is 0.0163. The second kappa shape index (κ2) is 8.44. The van der Waals surface area contributed by atoms with Gasteiger partial charge in [0.15, 0.2) is 11.5 Å². The standard InChI is InChI=1S/C18H20ClN3O3S/c1-24-15-9-12(8-13(19)18(15)25-2)11-20-17-10-14(16-4-3-7-26-16)21-22(17)5-6-23/h3-4,7-10,20,23H,5-6,11H2,1-2H3. The maximum atomic E-state index is 9.30. The van der Waals surface area contributed by atoms with Gasteiger partial charge in [0.2, 0.25) is 0 Å². The topological polar surface area (TPSA) is 68.5 Å². The fourth-order valence-electron chi connectivity index (χ4n) is 2.63. The second-order valence-corrected chi connectivity index (χ2v) is 6.86. The van der Waals surface area contributed by atoms with Gasteiger partial charge in [-0.25, -0.2) is 4.68 Å². The van der Waals surface area contributed by atoms with Crippen LogP contribution in [0.4, 0.5) is 5.82 Å². The molecule has 0 unspecified atom stereocenters. The van der Waals surface area contributed by atoms with Crippen molar-refractivity contribution in [1.82, 2.24) is 9.78 Å². The summed E-state index contributed by atoms with van der Waals surface area (Å²) in [6, 6.07) is 9.70. The summed E-state index contributed by atoms with van der Waals surface area (Å²) >= 11 is 7.89. The van der Waals surface area contributed by atoms with Crippen molar-refractivity contribution in [2.24, 2.45) is 0 Å². The summed E-state index contributed by atoms with van der Waals surface area (Å²) in [4.78, 5) is 1.08. The van der Waals surface area contributed by atoms with Crippen LogP contribution in [-0.4, -0.2) is 35.7 Å². The molecule has 26 heavy (non-hydrogen) atoms. The number of thiophene rings is 1. The second-order valence-electron chi connectivity index (χ2n) is 5.51. The molecule has 0 saturated carbocycles. The van der Waals surface area contributed by atoms with Crippen LogP contribution in [0.3, 0.4) is 0 Å². The first kappa shape index (κ1) is 18.6. The van der Waals surface area contributed by atoms with Gasteiger partial charge < -0.3 is 19.9 Å². The van der Waals surface area contributed by atoms with Crippen molar-refractivity contribution in [3.05, 3.63) is 46.3 Å². The largest absolute Gasteiger partial charge is 0.493 e. The van der Waals surface area contributed by atoms with Crippen LogP contribution in [-0.2, 0) is 13.1 Å². The molecular weight excluding hydrogens is 374 g/mol. The Morgan fingerprint density at radius 3 is 2.77 bits per heavy atom. The molecule has 138 valence electrons. The Hall–Kier alpha value is -2.22. The number of rotatable bonds is 8. The summed E-state index contributed by atoms with van der Waals surface area (Å²) in [6.07, 6.45) is 0. The molecule has 3 rings (SSSR count). The first-order valence-corrected chi connectivity index (χ1v) is 9.29. The Bertz CT molecular complexity index is 865. The Balaban J connectivity index is 1.82. The van der Waals surface area contributed by atoms with Crippen LogP contribution in [0.1, 0.15) is 5.56 Å². The van der Waals surface area contributed by atoms with Crippen LogP contribution < -0.4 is 14.8 Å². The molecule has 3 aromatic rings. The van der Waals surface area contributed by atoms with Crippen molar-refractivity contribution in [3.63, 3.8) is 0 Å². The number of aliphatic hydroxyl groups excluding tert-OH is 1. The summed E-state index contributed by atoms with van der Waals surface area (Å²) < 4.78 is 12.4. The van der Waals surface area contributed by atoms with Crippen molar-refractivity contribution in [3.8, 4) is 22.1 Å². The average molecular weight is 394 g/mol. The smallest absolute Gasteiger partial charge is 0.179 e. The zero-order chi connectivity index (χ0) is 18.5. The highest BCUT2D eigenvalue weighted by molar-refractivity contribution is 7.13. The summed E-state index contributed by atoms with van der Waals surface area (Å²) in [5, 5.41) is 19.7.